The molecule has 2 rings (SSSR count). The highest BCUT2D eigenvalue weighted by Crippen LogP contribution is 2.22. The summed E-state index contributed by atoms with van der Waals surface area (Å²) in [5.74, 6) is -3.76. The van der Waals surface area contributed by atoms with Crippen molar-refractivity contribution in [2.24, 2.45) is 5.92 Å². The standard InChI is InChI=1S/C20H26F2N2O5/c1-12(17(25)23-16-14(21)6-5-7-15(16)22)28-18(26)13-8-10-24(11-9-13)19(27)29-20(2,3)4/h5-7,12-13H,8-11H2,1-4H3,(H,23,25)/t12-/m0/s1. The van der Waals surface area contributed by atoms with Gasteiger partial charge in [0.1, 0.15) is 22.9 Å². The lowest BCUT2D eigenvalue weighted by molar-refractivity contribution is -0.158. The zero-order valence-corrected chi connectivity index (χ0v) is 17.0. The van der Waals surface area contributed by atoms with Crippen molar-refractivity contribution in [3.05, 3.63) is 29.8 Å². The fourth-order valence-electron chi connectivity index (χ4n) is 2.79. The zero-order chi connectivity index (χ0) is 21.8. The summed E-state index contributed by atoms with van der Waals surface area (Å²) < 4.78 is 37.7. The molecule has 1 N–H and O–H groups in total. The quantitative estimate of drug-likeness (QED) is 0.766. The number of esters is 1. The highest BCUT2D eigenvalue weighted by molar-refractivity contribution is 5.95. The summed E-state index contributed by atoms with van der Waals surface area (Å²) in [5, 5.41) is 2.09. The Morgan fingerprint density at radius 1 is 1.14 bits per heavy atom. The third-order valence-corrected chi connectivity index (χ3v) is 4.35. The molecule has 0 saturated carbocycles. The smallest absolute Gasteiger partial charge is 0.410 e. The summed E-state index contributed by atoms with van der Waals surface area (Å²) in [4.78, 5) is 38.0. The maximum atomic E-state index is 13.6. The number of likely N-dealkylation sites (tertiary alicyclic amines) is 1. The molecular weight excluding hydrogens is 386 g/mol. The van der Waals surface area contributed by atoms with E-state index in [2.05, 4.69) is 5.32 Å². The highest BCUT2D eigenvalue weighted by atomic mass is 19.1. The number of halogens is 2. The van der Waals surface area contributed by atoms with Crippen LogP contribution < -0.4 is 5.32 Å². The number of para-hydroxylation sites is 1. The molecule has 1 fully saturated rings. The lowest BCUT2D eigenvalue weighted by atomic mass is 9.97. The Hall–Kier alpha value is -2.71. The second kappa shape index (κ2) is 9.19. The van der Waals surface area contributed by atoms with Crippen molar-refractivity contribution in [3.8, 4) is 0 Å². The number of nitrogens with zero attached hydrogens (tertiary/aromatic N) is 1. The number of amides is 2. The number of hydrogen-bond donors (Lipinski definition) is 1. The first-order valence-corrected chi connectivity index (χ1v) is 9.41. The fraction of sp³-hybridized carbons (Fsp3) is 0.550. The number of nitrogens with one attached hydrogen (secondary N) is 1. The number of piperidine rings is 1. The Balaban J connectivity index is 1.84. The van der Waals surface area contributed by atoms with Crippen LogP contribution in [0.1, 0.15) is 40.5 Å². The van der Waals surface area contributed by atoms with Gasteiger partial charge in [-0.2, -0.15) is 0 Å². The van der Waals surface area contributed by atoms with Gasteiger partial charge in [0.05, 0.1) is 5.92 Å². The van der Waals surface area contributed by atoms with Crippen molar-refractivity contribution in [1.29, 1.82) is 0 Å². The predicted octanol–water partition coefficient (Wildman–Crippen LogP) is 3.48. The fourth-order valence-corrected chi connectivity index (χ4v) is 2.79. The summed E-state index contributed by atoms with van der Waals surface area (Å²) in [6, 6.07) is 3.19. The van der Waals surface area contributed by atoms with Crippen molar-refractivity contribution < 1.29 is 32.6 Å². The van der Waals surface area contributed by atoms with Gasteiger partial charge < -0.3 is 19.7 Å². The van der Waals surface area contributed by atoms with Crippen LogP contribution in [0.3, 0.4) is 0 Å². The third-order valence-electron chi connectivity index (χ3n) is 4.35. The molecular formula is C20H26F2N2O5. The Bertz CT molecular complexity index is 750. The van der Waals surface area contributed by atoms with Crippen LogP contribution in [0.15, 0.2) is 18.2 Å². The molecule has 2 amide bonds. The number of benzene rings is 1. The average molecular weight is 412 g/mol. The van der Waals surface area contributed by atoms with Crippen LogP contribution in [0.25, 0.3) is 0 Å². The molecule has 0 radical (unpaired) electrons. The predicted molar refractivity (Wildman–Crippen MR) is 101 cm³/mol. The summed E-state index contributed by atoms with van der Waals surface area (Å²) in [7, 11) is 0. The van der Waals surface area contributed by atoms with Crippen molar-refractivity contribution in [3.63, 3.8) is 0 Å². The third kappa shape index (κ3) is 6.40. The number of ether oxygens (including phenoxy) is 2. The molecule has 1 atom stereocenters. The number of carbonyl (C=O) groups is 3. The summed E-state index contributed by atoms with van der Waals surface area (Å²) in [5.41, 5.74) is -1.20. The van der Waals surface area contributed by atoms with Gasteiger partial charge >= 0.3 is 12.1 Å². The highest BCUT2D eigenvalue weighted by Gasteiger charge is 2.32. The summed E-state index contributed by atoms with van der Waals surface area (Å²) in [6.45, 7) is 7.30. The molecule has 1 aromatic rings. The van der Waals surface area contributed by atoms with Crippen molar-refractivity contribution in [2.45, 2.75) is 52.2 Å². The Kier molecular flexibility index (Phi) is 7.16. The van der Waals surface area contributed by atoms with Crippen molar-refractivity contribution >= 4 is 23.7 Å². The summed E-state index contributed by atoms with van der Waals surface area (Å²) >= 11 is 0. The van der Waals surface area contributed by atoms with Crippen LogP contribution in [0.2, 0.25) is 0 Å². The van der Waals surface area contributed by atoms with Gasteiger partial charge in [0.15, 0.2) is 6.10 Å². The van der Waals surface area contributed by atoms with Gasteiger partial charge in [-0.05, 0) is 52.7 Å². The van der Waals surface area contributed by atoms with E-state index in [1.807, 2.05) is 0 Å². The molecule has 0 spiro atoms. The molecule has 160 valence electrons. The maximum Gasteiger partial charge on any atom is 0.410 e. The Morgan fingerprint density at radius 2 is 1.69 bits per heavy atom. The molecule has 0 bridgehead atoms. The Labute approximate surface area is 168 Å². The van der Waals surface area contributed by atoms with E-state index in [0.717, 1.165) is 12.1 Å². The van der Waals surface area contributed by atoms with Gasteiger partial charge in [0.2, 0.25) is 0 Å². The first kappa shape index (κ1) is 22.6. The molecule has 0 aromatic heterocycles. The van der Waals surface area contributed by atoms with Crippen LogP contribution in [-0.2, 0) is 19.1 Å². The van der Waals surface area contributed by atoms with Crippen LogP contribution in [0.5, 0.6) is 0 Å². The second-order valence-corrected chi connectivity index (χ2v) is 7.91. The SMILES string of the molecule is C[C@H](OC(=O)C1CCN(C(=O)OC(C)(C)C)CC1)C(=O)Nc1c(F)cccc1F. The van der Waals surface area contributed by atoms with Gasteiger partial charge in [0.25, 0.3) is 5.91 Å². The minimum Gasteiger partial charge on any atom is -0.452 e. The number of anilines is 1. The van der Waals surface area contributed by atoms with Crippen molar-refractivity contribution in [1.82, 2.24) is 4.90 Å². The maximum absolute atomic E-state index is 13.6. The molecule has 1 saturated heterocycles. The first-order chi connectivity index (χ1) is 13.5. The number of hydrogen-bond acceptors (Lipinski definition) is 5. The minimum atomic E-state index is -1.23. The van der Waals surface area contributed by atoms with Crippen LogP contribution in [0, 0.1) is 17.6 Å². The molecule has 1 aromatic carbocycles. The molecule has 7 nitrogen and oxygen atoms in total. The zero-order valence-electron chi connectivity index (χ0n) is 17.0. The van der Waals surface area contributed by atoms with E-state index in [-0.39, 0.29) is 0 Å². The lowest BCUT2D eigenvalue weighted by Crippen LogP contribution is -2.43. The van der Waals surface area contributed by atoms with E-state index in [0.29, 0.717) is 25.9 Å². The molecule has 0 aliphatic carbocycles. The molecule has 9 heteroatoms. The van der Waals surface area contributed by atoms with Gasteiger partial charge in [-0.25, -0.2) is 13.6 Å². The van der Waals surface area contributed by atoms with Crippen LogP contribution in [-0.4, -0.2) is 47.7 Å². The van der Waals surface area contributed by atoms with E-state index in [1.54, 1.807) is 20.8 Å². The van der Waals surface area contributed by atoms with Crippen LogP contribution in [0.4, 0.5) is 19.3 Å². The van der Waals surface area contributed by atoms with E-state index >= 15 is 0 Å². The van der Waals surface area contributed by atoms with E-state index in [4.69, 9.17) is 9.47 Å². The molecule has 1 heterocycles. The van der Waals surface area contributed by atoms with E-state index in [9.17, 15) is 23.2 Å². The van der Waals surface area contributed by atoms with Gasteiger partial charge in [-0.1, -0.05) is 6.07 Å². The lowest BCUT2D eigenvalue weighted by Gasteiger charge is -2.32. The first-order valence-electron chi connectivity index (χ1n) is 9.41. The number of rotatable bonds is 4. The average Bonchev–Trinajstić information content (AvgIpc) is 2.63. The largest absolute Gasteiger partial charge is 0.452 e. The van der Waals surface area contributed by atoms with Gasteiger partial charge in [0, 0.05) is 13.1 Å². The monoisotopic (exact) mass is 412 g/mol. The topological polar surface area (TPSA) is 84.9 Å². The van der Waals surface area contributed by atoms with Gasteiger partial charge in [-0.3, -0.25) is 9.59 Å². The number of carbonyl (C=O) groups excluding carboxylic acids is 3. The second-order valence-electron chi connectivity index (χ2n) is 7.91. The molecule has 29 heavy (non-hydrogen) atoms. The van der Waals surface area contributed by atoms with Gasteiger partial charge in [-0.15, -0.1) is 0 Å². The molecule has 0 unspecified atom stereocenters. The Morgan fingerprint density at radius 3 is 2.21 bits per heavy atom. The normalized spacial score (nSPS) is 16.1. The van der Waals surface area contributed by atoms with Crippen LogP contribution >= 0.6 is 0 Å². The summed E-state index contributed by atoms with van der Waals surface area (Å²) in [6.07, 6.45) is -0.933. The van der Waals surface area contributed by atoms with Crippen molar-refractivity contribution in [2.75, 3.05) is 18.4 Å². The van der Waals surface area contributed by atoms with E-state index in [1.165, 1.54) is 17.9 Å². The van der Waals surface area contributed by atoms with E-state index < -0.39 is 52.9 Å². The minimum absolute atomic E-state index is 0.329. The molecule has 1 aliphatic heterocycles. The molecule has 1 aliphatic rings.